The maximum Gasteiger partial charge on any atom is 0.272 e. The standard InChI is InChI=1S/C15H24BrN3O/c1-3-19-14(11-12(2)17-19)15(20)18(10-9-16)13-7-5-4-6-8-13/h11,13H,3-10H2,1-2H3. The Morgan fingerprint density at radius 2 is 2.15 bits per heavy atom. The van der Waals surface area contributed by atoms with E-state index in [0.717, 1.165) is 42.6 Å². The van der Waals surface area contributed by atoms with Crippen LogP contribution < -0.4 is 0 Å². The largest absolute Gasteiger partial charge is 0.334 e. The summed E-state index contributed by atoms with van der Waals surface area (Å²) >= 11 is 3.48. The molecule has 1 heterocycles. The summed E-state index contributed by atoms with van der Waals surface area (Å²) in [7, 11) is 0. The molecule has 1 fully saturated rings. The molecular weight excluding hydrogens is 318 g/mol. The van der Waals surface area contributed by atoms with Crippen LogP contribution in [0, 0.1) is 6.92 Å². The summed E-state index contributed by atoms with van der Waals surface area (Å²) in [6.45, 7) is 5.48. The van der Waals surface area contributed by atoms with Gasteiger partial charge in [-0.1, -0.05) is 35.2 Å². The number of hydrogen-bond acceptors (Lipinski definition) is 2. The van der Waals surface area contributed by atoms with E-state index >= 15 is 0 Å². The Morgan fingerprint density at radius 3 is 2.75 bits per heavy atom. The molecule has 1 saturated carbocycles. The van der Waals surface area contributed by atoms with Gasteiger partial charge in [0.25, 0.3) is 5.91 Å². The van der Waals surface area contributed by atoms with Crippen LogP contribution in [0.25, 0.3) is 0 Å². The molecule has 1 amide bonds. The Balaban J connectivity index is 2.20. The molecule has 0 bridgehead atoms. The molecule has 1 aliphatic rings. The van der Waals surface area contributed by atoms with Crippen LogP contribution in [-0.2, 0) is 6.54 Å². The predicted molar refractivity (Wildman–Crippen MR) is 84.3 cm³/mol. The number of halogens is 1. The average Bonchev–Trinajstić information content (AvgIpc) is 2.86. The molecule has 0 radical (unpaired) electrons. The van der Waals surface area contributed by atoms with Crippen molar-refractivity contribution in [2.45, 2.75) is 58.5 Å². The number of hydrogen-bond donors (Lipinski definition) is 0. The molecule has 1 aromatic rings. The van der Waals surface area contributed by atoms with E-state index in [4.69, 9.17) is 0 Å². The predicted octanol–water partition coefficient (Wildman–Crippen LogP) is 3.38. The van der Waals surface area contributed by atoms with Crippen molar-refractivity contribution in [1.29, 1.82) is 0 Å². The van der Waals surface area contributed by atoms with Crippen molar-refractivity contribution in [1.82, 2.24) is 14.7 Å². The van der Waals surface area contributed by atoms with E-state index in [1.807, 2.05) is 24.6 Å². The topological polar surface area (TPSA) is 38.1 Å². The van der Waals surface area contributed by atoms with Crippen LogP contribution in [-0.4, -0.2) is 38.5 Å². The Bertz CT molecular complexity index is 452. The van der Waals surface area contributed by atoms with Crippen molar-refractivity contribution in [2.75, 3.05) is 11.9 Å². The monoisotopic (exact) mass is 341 g/mol. The van der Waals surface area contributed by atoms with Crippen LogP contribution in [0.3, 0.4) is 0 Å². The Morgan fingerprint density at radius 1 is 1.45 bits per heavy atom. The van der Waals surface area contributed by atoms with Gasteiger partial charge in [0.2, 0.25) is 0 Å². The lowest BCUT2D eigenvalue weighted by Gasteiger charge is -2.34. The lowest BCUT2D eigenvalue weighted by Crippen LogP contribution is -2.43. The molecule has 0 N–H and O–H groups in total. The number of rotatable bonds is 5. The van der Waals surface area contributed by atoms with Gasteiger partial charge in [-0.05, 0) is 32.8 Å². The van der Waals surface area contributed by atoms with Crippen LogP contribution in [0.15, 0.2) is 6.07 Å². The first-order valence-corrected chi connectivity index (χ1v) is 8.71. The highest BCUT2D eigenvalue weighted by molar-refractivity contribution is 9.09. The highest BCUT2D eigenvalue weighted by Crippen LogP contribution is 2.24. The van der Waals surface area contributed by atoms with Gasteiger partial charge in [-0.3, -0.25) is 9.48 Å². The van der Waals surface area contributed by atoms with E-state index in [0.29, 0.717) is 6.04 Å². The maximum atomic E-state index is 12.9. The zero-order chi connectivity index (χ0) is 14.5. The number of alkyl halides is 1. The highest BCUT2D eigenvalue weighted by atomic mass is 79.9. The highest BCUT2D eigenvalue weighted by Gasteiger charge is 2.27. The van der Waals surface area contributed by atoms with Gasteiger partial charge in [-0.2, -0.15) is 5.10 Å². The second kappa shape index (κ2) is 7.25. The van der Waals surface area contributed by atoms with Crippen molar-refractivity contribution in [2.24, 2.45) is 0 Å². The molecule has 0 aliphatic heterocycles. The molecule has 0 spiro atoms. The summed E-state index contributed by atoms with van der Waals surface area (Å²) in [6, 6.07) is 2.31. The van der Waals surface area contributed by atoms with Crippen molar-refractivity contribution in [3.8, 4) is 0 Å². The second-order valence-corrected chi connectivity index (χ2v) is 6.26. The van der Waals surface area contributed by atoms with Crippen LogP contribution in [0.1, 0.15) is 55.2 Å². The van der Waals surface area contributed by atoms with Gasteiger partial charge in [0.1, 0.15) is 5.69 Å². The molecule has 0 aromatic carbocycles. The van der Waals surface area contributed by atoms with Gasteiger partial charge in [-0.15, -0.1) is 0 Å². The summed E-state index contributed by atoms with van der Waals surface area (Å²) in [5, 5.41) is 5.22. The quantitative estimate of drug-likeness (QED) is 0.770. The minimum atomic E-state index is 0.138. The van der Waals surface area contributed by atoms with Crippen LogP contribution >= 0.6 is 15.9 Å². The fraction of sp³-hybridized carbons (Fsp3) is 0.733. The zero-order valence-corrected chi connectivity index (χ0v) is 14.0. The number of amides is 1. The van der Waals surface area contributed by atoms with E-state index in [-0.39, 0.29) is 5.91 Å². The lowest BCUT2D eigenvalue weighted by molar-refractivity contribution is 0.0638. The summed E-state index contributed by atoms with van der Waals surface area (Å²) < 4.78 is 1.82. The van der Waals surface area contributed by atoms with Crippen LogP contribution in [0.4, 0.5) is 0 Å². The molecule has 5 heteroatoms. The number of nitrogens with zero attached hydrogens (tertiary/aromatic N) is 3. The summed E-state index contributed by atoms with van der Waals surface area (Å²) in [4.78, 5) is 14.9. The number of carbonyl (C=O) groups excluding carboxylic acids is 1. The molecule has 20 heavy (non-hydrogen) atoms. The van der Waals surface area contributed by atoms with E-state index in [9.17, 15) is 4.79 Å². The number of aryl methyl sites for hydroxylation is 2. The van der Waals surface area contributed by atoms with Gasteiger partial charge in [0, 0.05) is 24.5 Å². The maximum absolute atomic E-state index is 12.9. The van der Waals surface area contributed by atoms with Gasteiger partial charge in [0.15, 0.2) is 0 Å². The Hall–Kier alpha value is -0.840. The van der Waals surface area contributed by atoms with Gasteiger partial charge < -0.3 is 4.90 Å². The minimum Gasteiger partial charge on any atom is -0.334 e. The molecule has 0 saturated heterocycles. The fourth-order valence-corrected chi connectivity index (χ4v) is 3.42. The number of carbonyl (C=O) groups is 1. The first kappa shape index (κ1) is 15.5. The third kappa shape index (κ3) is 3.43. The summed E-state index contributed by atoms with van der Waals surface area (Å²) in [5.74, 6) is 0.138. The van der Waals surface area contributed by atoms with Crippen molar-refractivity contribution < 1.29 is 4.79 Å². The lowest BCUT2D eigenvalue weighted by atomic mass is 9.94. The van der Waals surface area contributed by atoms with Crippen molar-refractivity contribution in [3.63, 3.8) is 0 Å². The van der Waals surface area contributed by atoms with E-state index < -0.39 is 0 Å². The van der Waals surface area contributed by atoms with Gasteiger partial charge in [-0.25, -0.2) is 0 Å². The molecule has 0 atom stereocenters. The van der Waals surface area contributed by atoms with Crippen molar-refractivity contribution >= 4 is 21.8 Å². The smallest absolute Gasteiger partial charge is 0.272 e. The number of aromatic nitrogens is 2. The summed E-state index contributed by atoms with van der Waals surface area (Å²) in [6.07, 6.45) is 6.06. The first-order chi connectivity index (χ1) is 9.67. The van der Waals surface area contributed by atoms with Gasteiger partial charge >= 0.3 is 0 Å². The molecule has 4 nitrogen and oxygen atoms in total. The van der Waals surface area contributed by atoms with Crippen molar-refractivity contribution in [3.05, 3.63) is 17.5 Å². The van der Waals surface area contributed by atoms with Crippen LogP contribution in [0.5, 0.6) is 0 Å². The summed E-state index contributed by atoms with van der Waals surface area (Å²) in [5.41, 5.74) is 1.65. The van der Waals surface area contributed by atoms with Crippen LogP contribution in [0.2, 0.25) is 0 Å². The molecule has 1 aliphatic carbocycles. The fourth-order valence-electron chi connectivity index (χ4n) is 3.04. The Labute approximate surface area is 129 Å². The van der Waals surface area contributed by atoms with E-state index in [2.05, 4.69) is 25.9 Å². The molecule has 0 unspecified atom stereocenters. The molecule has 112 valence electrons. The zero-order valence-electron chi connectivity index (χ0n) is 12.4. The minimum absolute atomic E-state index is 0.138. The third-order valence-corrected chi connectivity index (χ3v) is 4.38. The van der Waals surface area contributed by atoms with E-state index in [1.165, 1.54) is 19.3 Å². The Kier molecular flexibility index (Phi) is 5.64. The molecular formula is C15H24BrN3O. The SMILES string of the molecule is CCn1nc(C)cc1C(=O)N(CCBr)C1CCCCC1. The third-order valence-electron chi connectivity index (χ3n) is 4.02. The van der Waals surface area contributed by atoms with Gasteiger partial charge in [0.05, 0.1) is 5.69 Å². The average molecular weight is 342 g/mol. The van der Waals surface area contributed by atoms with E-state index in [1.54, 1.807) is 0 Å². The first-order valence-electron chi connectivity index (χ1n) is 7.58. The second-order valence-electron chi connectivity index (χ2n) is 5.47. The molecule has 2 rings (SSSR count). The normalized spacial score (nSPS) is 16.4. The molecule has 1 aromatic heterocycles.